The zero-order valence-electron chi connectivity index (χ0n) is 9.75. The van der Waals surface area contributed by atoms with Gasteiger partial charge in [-0.2, -0.15) is 0 Å². The Hall–Kier alpha value is -2.12. The first kappa shape index (κ1) is 12.9. The summed E-state index contributed by atoms with van der Waals surface area (Å²) in [7, 11) is 1.76. The lowest BCUT2D eigenvalue weighted by Crippen LogP contribution is -2.42. The Kier molecular flexibility index (Phi) is 4.44. The molecule has 1 aromatic rings. The molecule has 0 fully saturated rings. The summed E-state index contributed by atoms with van der Waals surface area (Å²) in [4.78, 5) is 23.3. The van der Waals surface area contributed by atoms with Crippen molar-refractivity contribution in [1.29, 1.82) is 0 Å². The number of carbonyl (C=O) groups is 2. The average molecular weight is 241 g/mol. The smallest absolute Gasteiger partial charge is 0.323 e. The zero-order chi connectivity index (χ0) is 12.8. The number of carboxylic acids is 1. The molecule has 0 saturated heterocycles. The van der Waals surface area contributed by atoms with Crippen molar-refractivity contribution in [2.45, 2.75) is 13.5 Å². The van der Waals surface area contributed by atoms with E-state index in [-0.39, 0.29) is 13.1 Å². The van der Waals surface area contributed by atoms with Crippen LogP contribution in [0.25, 0.3) is 0 Å². The number of rotatable bonds is 5. The van der Waals surface area contributed by atoms with Crippen LogP contribution < -0.4 is 5.32 Å². The van der Waals surface area contributed by atoms with Gasteiger partial charge in [0.2, 0.25) is 0 Å². The molecule has 1 rings (SSSR count). The molecule has 1 aromatic heterocycles. The van der Waals surface area contributed by atoms with Crippen molar-refractivity contribution >= 4 is 12.0 Å². The van der Waals surface area contributed by atoms with Crippen molar-refractivity contribution in [3.05, 3.63) is 12.2 Å². The third kappa shape index (κ3) is 3.74. The summed E-state index contributed by atoms with van der Waals surface area (Å²) in [6, 6.07) is -0.432. The van der Waals surface area contributed by atoms with E-state index in [2.05, 4.69) is 15.5 Å². The molecule has 0 aliphatic heterocycles. The van der Waals surface area contributed by atoms with Crippen LogP contribution in [-0.2, 0) is 18.4 Å². The molecule has 0 saturated carbocycles. The van der Waals surface area contributed by atoms with Crippen LogP contribution in [-0.4, -0.2) is 49.9 Å². The van der Waals surface area contributed by atoms with Gasteiger partial charge in [-0.3, -0.25) is 4.79 Å². The van der Waals surface area contributed by atoms with Gasteiger partial charge in [0, 0.05) is 13.6 Å². The van der Waals surface area contributed by atoms with Gasteiger partial charge in [-0.1, -0.05) is 0 Å². The van der Waals surface area contributed by atoms with E-state index in [4.69, 9.17) is 5.11 Å². The van der Waals surface area contributed by atoms with Crippen LogP contribution in [0.4, 0.5) is 4.79 Å². The summed E-state index contributed by atoms with van der Waals surface area (Å²) < 4.78 is 1.67. The van der Waals surface area contributed by atoms with E-state index in [1.807, 2.05) is 0 Å². The number of aliphatic carboxylic acids is 1. The predicted molar refractivity (Wildman–Crippen MR) is 58.1 cm³/mol. The molecule has 0 aliphatic rings. The van der Waals surface area contributed by atoms with E-state index in [9.17, 15) is 9.59 Å². The Morgan fingerprint density at radius 2 is 2.29 bits per heavy atom. The summed E-state index contributed by atoms with van der Waals surface area (Å²) in [5, 5.41) is 18.7. The van der Waals surface area contributed by atoms with Crippen LogP contribution in [0.1, 0.15) is 12.7 Å². The molecule has 0 aromatic carbocycles. The van der Waals surface area contributed by atoms with Crippen LogP contribution in [0.2, 0.25) is 0 Å². The van der Waals surface area contributed by atoms with Crippen molar-refractivity contribution in [1.82, 2.24) is 25.0 Å². The van der Waals surface area contributed by atoms with Gasteiger partial charge < -0.3 is 19.9 Å². The number of carbonyl (C=O) groups excluding carboxylic acids is 1. The highest BCUT2D eigenvalue weighted by molar-refractivity contribution is 5.79. The van der Waals surface area contributed by atoms with Gasteiger partial charge in [-0.25, -0.2) is 4.79 Å². The quantitative estimate of drug-likeness (QED) is 0.719. The number of hydrogen-bond acceptors (Lipinski definition) is 4. The van der Waals surface area contributed by atoms with E-state index in [0.29, 0.717) is 12.4 Å². The maximum atomic E-state index is 11.6. The van der Waals surface area contributed by atoms with Crippen molar-refractivity contribution in [3.8, 4) is 0 Å². The number of nitrogens with one attached hydrogen (secondary N) is 1. The fourth-order valence-corrected chi connectivity index (χ4v) is 1.22. The molecular weight excluding hydrogens is 226 g/mol. The second kappa shape index (κ2) is 5.83. The first-order chi connectivity index (χ1) is 8.04. The number of carboxylic acid groups (broad SMARTS) is 1. The number of aryl methyl sites for hydroxylation is 1. The van der Waals surface area contributed by atoms with Gasteiger partial charge in [-0.15, -0.1) is 10.2 Å². The Balaban J connectivity index is 2.48. The highest BCUT2D eigenvalue weighted by Crippen LogP contribution is 1.93. The normalized spacial score (nSPS) is 10.0. The number of urea groups is 1. The second-order valence-corrected chi connectivity index (χ2v) is 3.42. The van der Waals surface area contributed by atoms with Crippen LogP contribution in [0.15, 0.2) is 6.33 Å². The lowest BCUT2D eigenvalue weighted by Gasteiger charge is -2.18. The molecule has 0 bridgehead atoms. The van der Waals surface area contributed by atoms with E-state index >= 15 is 0 Å². The molecule has 2 N–H and O–H groups in total. The van der Waals surface area contributed by atoms with E-state index in [1.165, 1.54) is 11.2 Å². The number of aromatic nitrogens is 3. The number of nitrogens with zero attached hydrogens (tertiary/aromatic N) is 4. The van der Waals surface area contributed by atoms with E-state index < -0.39 is 12.0 Å². The summed E-state index contributed by atoms with van der Waals surface area (Å²) >= 11 is 0. The molecule has 1 heterocycles. The standard InChI is InChI=1S/C9H15N5O3/c1-3-14(5-8(15)16)9(17)10-4-7-12-11-6-13(7)2/h6H,3-5H2,1-2H3,(H,10,17)(H,15,16). The van der Waals surface area contributed by atoms with Gasteiger partial charge in [-0.05, 0) is 6.92 Å². The Bertz CT molecular complexity index is 403. The largest absolute Gasteiger partial charge is 0.480 e. The van der Waals surface area contributed by atoms with Gasteiger partial charge in [0.05, 0.1) is 6.54 Å². The predicted octanol–water partition coefficient (Wildman–Crippen LogP) is -0.569. The molecule has 8 heteroatoms. The average Bonchev–Trinajstić information content (AvgIpc) is 2.68. The Labute approximate surface area is 98.2 Å². The fraction of sp³-hybridized carbons (Fsp3) is 0.556. The molecule has 8 nitrogen and oxygen atoms in total. The Morgan fingerprint density at radius 3 is 2.76 bits per heavy atom. The minimum absolute atomic E-state index is 0.214. The van der Waals surface area contributed by atoms with E-state index in [0.717, 1.165) is 0 Å². The van der Waals surface area contributed by atoms with Crippen molar-refractivity contribution in [2.75, 3.05) is 13.1 Å². The van der Waals surface area contributed by atoms with Crippen LogP contribution in [0, 0.1) is 0 Å². The highest BCUT2D eigenvalue weighted by Gasteiger charge is 2.14. The number of amides is 2. The van der Waals surface area contributed by atoms with Gasteiger partial charge in [0.15, 0.2) is 5.82 Å². The zero-order valence-corrected chi connectivity index (χ0v) is 9.75. The molecule has 0 unspecified atom stereocenters. The molecule has 0 radical (unpaired) electrons. The summed E-state index contributed by atoms with van der Waals surface area (Å²) in [6.45, 7) is 1.94. The third-order valence-corrected chi connectivity index (χ3v) is 2.20. The van der Waals surface area contributed by atoms with E-state index in [1.54, 1.807) is 18.5 Å². The molecule has 0 aliphatic carbocycles. The van der Waals surface area contributed by atoms with Crippen LogP contribution >= 0.6 is 0 Å². The topological polar surface area (TPSA) is 100 Å². The first-order valence-corrected chi connectivity index (χ1v) is 5.12. The fourth-order valence-electron chi connectivity index (χ4n) is 1.22. The lowest BCUT2D eigenvalue weighted by molar-refractivity contribution is -0.137. The molecule has 94 valence electrons. The maximum absolute atomic E-state index is 11.6. The van der Waals surface area contributed by atoms with Crippen molar-refractivity contribution < 1.29 is 14.7 Å². The minimum atomic E-state index is -1.04. The van der Waals surface area contributed by atoms with Gasteiger partial charge in [0.25, 0.3) is 0 Å². The number of likely N-dealkylation sites (N-methyl/N-ethyl adjacent to an activating group) is 1. The van der Waals surface area contributed by atoms with Gasteiger partial charge in [0.1, 0.15) is 12.9 Å². The summed E-state index contributed by atoms with van der Waals surface area (Å²) in [5.74, 6) is -0.439. The summed E-state index contributed by atoms with van der Waals surface area (Å²) in [6.07, 6.45) is 1.52. The minimum Gasteiger partial charge on any atom is -0.480 e. The molecule has 0 atom stereocenters. The monoisotopic (exact) mass is 241 g/mol. The second-order valence-electron chi connectivity index (χ2n) is 3.42. The third-order valence-electron chi connectivity index (χ3n) is 2.20. The molecular formula is C9H15N5O3. The molecule has 0 spiro atoms. The SMILES string of the molecule is CCN(CC(=O)O)C(=O)NCc1nncn1C. The van der Waals surface area contributed by atoms with Gasteiger partial charge >= 0.3 is 12.0 Å². The Morgan fingerprint density at radius 1 is 1.59 bits per heavy atom. The molecule has 2 amide bonds. The molecule has 17 heavy (non-hydrogen) atoms. The number of hydrogen-bond donors (Lipinski definition) is 2. The van der Waals surface area contributed by atoms with Crippen LogP contribution in [0.5, 0.6) is 0 Å². The van der Waals surface area contributed by atoms with Crippen LogP contribution in [0.3, 0.4) is 0 Å². The van der Waals surface area contributed by atoms with Crippen molar-refractivity contribution in [2.24, 2.45) is 7.05 Å². The first-order valence-electron chi connectivity index (χ1n) is 5.12. The lowest BCUT2D eigenvalue weighted by atomic mass is 10.5. The maximum Gasteiger partial charge on any atom is 0.323 e. The highest BCUT2D eigenvalue weighted by atomic mass is 16.4. The van der Waals surface area contributed by atoms with Crippen molar-refractivity contribution in [3.63, 3.8) is 0 Å². The summed E-state index contributed by atoms with van der Waals surface area (Å²) in [5.41, 5.74) is 0.